The van der Waals surface area contributed by atoms with E-state index < -0.39 is 0 Å². The van der Waals surface area contributed by atoms with Gasteiger partial charge in [-0.2, -0.15) is 0 Å². The van der Waals surface area contributed by atoms with Crippen LogP contribution < -0.4 is 0 Å². The zero-order valence-electron chi connectivity index (χ0n) is 9.85. The molecular formula is C15H18O. The number of rotatable bonds is 1. The van der Waals surface area contributed by atoms with Crippen molar-refractivity contribution in [2.75, 3.05) is 0 Å². The van der Waals surface area contributed by atoms with Crippen molar-refractivity contribution in [2.45, 2.75) is 20.3 Å². The standard InChI is InChI=1S/C12H10O.C3H8/c13-12-9-5-4-8-11(12)10-6-2-1-3-7-10;1-3-2/h1-9,13H;3H2,1-2H3. The fourth-order valence-corrected chi connectivity index (χ4v) is 1.34. The van der Waals surface area contributed by atoms with Crippen LogP contribution in [0.1, 0.15) is 20.3 Å². The van der Waals surface area contributed by atoms with E-state index in [0.717, 1.165) is 11.1 Å². The maximum absolute atomic E-state index is 9.56. The highest BCUT2D eigenvalue weighted by molar-refractivity contribution is 5.69. The average molecular weight is 214 g/mol. The summed E-state index contributed by atoms with van der Waals surface area (Å²) in [7, 11) is 0. The van der Waals surface area contributed by atoms with Crippen LogP contribution in [-0.2, 0) is 0 Å². The van der Waals surface area contributed by atoms with Gasteiger partial charge < -0.3 is 5.11 Å². The second kappa shape index (κ2) is 6.67. The Hall–Kier alpha value is -1.76. The molecule has 1 N–H and O–H groups in total. The maximum atomic E-state index is 9.56. The third-order valence-corrected chi connectivity index (χ3v) is 1.99. The van der Waals surface area contributed by atoms with Crippen molar-refractivity contribution in [1.29, 1.82) is 0 Å². The van der Waals surface area contributed by atoms with Crippen LogP contribution >= 0.6 is 0 Å². The smallest absolute Gasteiger partial charge is 0.123 e. The third kappa shape index (κ3) is 3.43. The first-order chi connectivity index (χ1) is 7.79. The van der Waals surface area contributed by atoms with Gasteiger partial charge in [-0.1, -0.05) is 68.8 Å². The van der Waals surface area contributed by atoms with E-state index in [1.54, 1.807) is 6.07 Å². The van der Waals surface area contributed by atoms with Gasteiger partial charge in [-0.3, -0.25) is 0 Å². The number of aromatic hydroxyl groups is 1. The largest absolute Gasteiger partial charge is 0.507 e. The van der Waals surface area contributed by atoms with Crippen molar-refractivity contribution in [3.8, 4) is 16.9 Å². The molecule has 0 spiro atoms. The molecule has 0 saturated heterocycles. The van der Waals surface area contributed by atoms with Crippen molar-refractivity contribution in [3.63, 3.8) is 0 Å². The molecule has 0 saturated carbocycles. The monoisotopic (exact) mass is 214 g/mol. The summed E-state index contributed by atoms with van der Waals surface area (Å²) < 4.78 is 0. The van der Waals surface area contributed by atoms with Crippen molar-refractivity contribution >= 4 is 0 Å². The van der Waals surface area contributed by atoms with E-state index in [2.05, 4.69) is 13.8 Å². The second-order valence-corrected chi connectivity index (χ2v) is 3.59. The van der Waals surface area contributed by atoms with Crippen LogP contribution in [0.5, 0.6) is 5.75 Å². The number of phenols is 1. The number of phenolic OH excluding ortho intramolecular Hbond substituents is 1. The van der Waals surface area contributed by atoms with Gasteiger partial charge >= 0.3 is 0 Å². The predicted molar refractivity (Wildman–Crippen MR) is 69.5 cm³/mol. The molecule has 0 aromatic heterocycles. The lowest BCUT2D eigenvalue weighted by Gasteiger charge is -2.02. The van der Waals surface area contributed by atoms with Gasteiger partial charge in [-0.05, 0) is 11.6 Å². The predicted octanol–water partition coefficient (Wildman–Crippen LogP) is 4.48. The summed E-state index contributed by atoms with van der Waals surface area (Å²) in [4.78, 5) is 0. The fourth-order valence-electron chi connectivity index (χ4n) is 1.34. The fraction of sp³-hybridized carbons (Fsp3) is 0.200. The van der Waals surface area contributed by atoms with Crippen molar-refractivity contribution in [1.82, 2.24) is 0 Å². The Labute approximate surface area is 97.4 Å². The first-order valence-corrected chi connectivity index (χ1v) is 5.63. The Morgan fingerprint density at radius 2 is 1.31 bits per heavy atom. The molecule has 0 radical (unpaired) electrons. The first kappa shape index (κ1) is 12.3. The van der Waals surface area contributed by atoms with Crippen molar-refractivity contribution in [3.05, 3.63) is 54.6 Å². The molecule has 0 atom stereocenters. The summed E-state index contributed by atoms with van der Waals surface area (Å²) in [5.41, 5.74) is 1.92. The Bertz CT molecular complexity index is 407. The third-order valence-electron chi connectivity index (χ3n) is 1.99. The number of para-hydroxylation sites is 1. The SMILES string of the molecule is CCC.Oc1ccccc1-c1ccccc1. The van der Waals surface area contributed by atoms with Gasteiger partial charge in [0.1, 0.15) is 5.75 Å². The topological polar surface area (TPSA) is 20.2 Å². The summed E-state index contributed by atoms with van der Waals surface area (Å²) in [6, 6.07) is 17.2. The highest BCUT2D eigenvalue weighted by Crippen LogP contribution is 2.27. The zero-order chi connectivity index (χ0) is 11.8. The Balaban J connectivity index is 0.000000386. The van der Waals surface area contributed by atoms with Gasteiger partial charge in [0.2, 0.25) is 0 Å². The molecule has 2 aromatic carbocycles. The van der Waals surface area contributed by atoms with Crippen LogP contribution in [0.15, 0.2) is 54.6 Å². The second-order valence-electron chi connectivity index (χ2n) is 3.59. The maximum Gasteiger partial charge on any atom is 0.123 e. The minimum Gasteiger partial charge on any atom is -0.507 e. The summed E-state index contributed by atoms with van der Waals surface area (Å²) in [5.74, 6) is 0.328. The van der Waals surface area contributed by atoms with E-state index in [1.807, 2.05) is 48.5 Å². The molecule has 1 nitrogen and oxygen atoms in total. The zero-order valence-corrected chi connectivity index (χ0v) is 9.85. The lowest BCUT2D eigenvalue weighted by atomic mass is 10.1. The van der Waals surface area contributed by atoms with Crippen LogP contribution in [0.4, 0.5) is 0 Å². The molecule has 0 aliphatic heterocycles. The first-order valence-electron chi connectivity index (χ1n) is 5.63. The summed E-state index contributed by atoms with van der Waals surface area (Å²) in [6.45, 7) is 4.25. The molecule has 2 aromatic rings. The number of hydrogen-bond donors (Lipinski definition) is 1. The molecule has 16 heavy (non-hydrogen) atoms. The molecule has 1 heteroatoms. The lowest BCUT2D eigenvalue weighted by molar-refractivity contribution is 0.477. The minimum atomic E-state index is 0.328. The minimum absolute atomic E-state index is 0.328. The van der Waals surface area contributed by atoms with Crippen molar-refractivity contribution < 1.29 is 5.11 Å². The molecular weight excluding hydrogens is 196 g/mol. The molecule has 0 heterocycles. The molecule has 0 aliphatic rings. The van der Waals surface area contributed by atoms with Crippen molar-refractivity contribution in [2.24, 2.45) is 0 Å². The Kier molecular flexibility index (Phi) is 5.13. The van der Waals surface area contributed by atoms with Crippen LogP contribution in [0, 0.1) is 0 Å². The summed E-state index contributed by atoms with van der Waals surface area (Å²) in [5, 5.41) is 9.56. The molecule has 84 valence electrons. The van der Waals surface area contributed by atoms with Crippen LogP contribution in [0.25, 0.3) is 11.1 Å². The molecule has 0 aliphatic carbocycles. The van der Waals surface area contributed by atoms with E-state index in [9.17, 15) is 5.11 Å². The van der Waals surface area contributed by atoms with Gasteiger partial charge in [-0.25, -0.2) is 0 Å². The van der Waals surface area contributed by atoms with E-state index in [4.69, 9.17) is 0 Å². The molecule has 0 fully saturated rings. The van der Waals surface area contributed by atoms with Crippen LogP contribution in [-0.4, -0.2) is 5.11 Å². The van der Waals surface area contributed by atoms with E-state index >= 15 is 0 Å². The van der Waals surface area contributed by atoms with E-state index in [0.29, 0.717) is 5.75 Å². The van der Waals surface area contributed by atoms with Gasteiger partial charge in [0, 0.05) is 5.56 Å². The van der Waals surface area contributed by atoms with E-state index in [-0.39, 0.29) is 0 Å². The lowest BCUT2D eigenvalue weighted by Crippen LogP contribution is -1.76. The highest BCUT2D eigenvalue weighted by Gasteiger charge is 2.00. The highest BCUT2D eigenvalue weighted by atomic mass is 16.3. The molecule has 0 unspecified atom stereocenters. The summed E-state index contributed by atoms with van der Waals surface area (Å²) >= 11 is 0. The van der Waals surface area contributed by atoms with E-state index in [1.165, 1.54) is 6.42 Å². The molecule has 0 bridgehead atoms. The Morgan fingerprint density at radius 1 is 0.812 bits per heavy atom. The van der Waals surface area contributed by atoms with Crippen LogP contribution in [0.2, 0.25) is 0 Å². The van der Waals surface area contributed by atoms with Crippen LogP contribution in [0.3, 0.4) is 0 Å². The normalized spacial score (nSPS) is 9.12. The molecule has 2 rings (SSSR count). The number of hydrogen-bond acceptors (Lipinski definition) is 1. The van der Waals surface area contributed by atoms with Gasteiger partial charge in [0.15, 0.2) is 0 Å². The Morgan fingerprint density at radius 3 is 1.88 bits per heavy atom. The van der Waals surface area contributed by atoms with Gasteiger partial charge in [0.05, 0.1) is 0 Å². The van der Waals surface area contributed by atoms with Gasteiger partial charge in [0.25, 0.3) is 0 Å². The molecule has 0 amide bonds. The quantitative estimate of drug-likeness (QED) is 0.742. The van der Waals surface area contributed by atoms with Gasteiger partial charge in [-0.15, -0.1) is 0 Å². The summed E-state index contributed by atoms with van der Waals surface area (Å²) in [6.07, 6.45) is 1.25. The number of benzene rings is 2. The average Bonchev–Trinajstić information content (AvgIpc) is 2.32.